The molecule has 1 atom stereocenters. The highest BCUT2D eigenvalue weighted by Crippen LogP contribution is 2.34. The van der Waals surface area contributed by atoms with Gasteiger partial charge in [-0.25, -0.2) is 4.31 Å². The van der Waals surface area contributed by atoms with Gasteiger partial charge in [0.1, 0.15) is 0 Å². The van der Waals surface area contributed by atoms with E-state index in [1.54, 1.807) is 40.4 Å². The smallest absolute Gasteiger partial charge is 0.161 e. The van der Waals surface area contributed by atoms with Crippen molar-refractivity contribution in [2.75, 3.05) is 48.1 Å². The Morgan fingerprint density at radius 1 is 0.935 bits per heavy atom. The van der Waals surface area contributed by atoms with Gasteiger partial charge < -0.3 is 24.3 Å². The van der Waals surface area contributed by atoms with Crippen LogP contribution in [0.2, 0.25) is 0 Å². The molecule has 31 heavy (non-hydrogen) atoms. The summed E-state index contributed by atoms with van der Waals surface area (Å²) in [4.78, 5) is 2.06. The molecule has 1 unspecified atom stereocenters. The van der Waals surface area contributed by atoms with Crippen molar-refractivity contribution in [1.82, 2.24) is 9.62 Å². The van der Waals surface area contributed by atoms with Crippen molar-refractivity contribution in [3.8, 4) is 23.0 Å². The first-order chi connectivity index (χ1) is 15.0. The van der Waals surface area contributed by atoms with E-state index in [1.165, 1.54) is 17.7 Å². The van der Waals surface area contributed by atoms with Crippen LogP contribution in [0.3, 0.4) is 0 Å². The molecule has 2 aromatic rings. The fourth-order valence-electron chi connectivity index (χ4n) is 3.17. The van der Waals surface area contributed by atoms with Crippen LogP contribution in [0.4, 0.5) is 0 Å². The molecule has 1 saturated heterocycles. The zero-order valence-corrected chi connectivity index (χ0v) is 20.7. The number of rotatable bonds is 9. The second-order valence-corrected chi connectivity index (χ2v) is 8.66. The van der Waals surface area contributed by atoms with Crippen molar-refractivity contribution >= 4 is 24.6 Å². The molecular weight excluding hydrogens is 432 g/mol. The largest absolute Gasteiger partial charge is 0.493 e. The minimum atomic E-state index is 0.627. The van der Waals surface area contributed by atoms with Gasteiger partial charge >= 0.3 is 0 Å². The van der Waals surface area contributed by atoms with E-state index in [4.69, 9.17) is 18.9 Å². The summed E-state index contributed by atoms with van der Waals surface area (Å²) >= 11 is 5.95. The van der Waals surface area contributed by atoms with Gasteiger partial charge in [-0.05, 0) is 67.7 Å². The van der Waals surface area contributed by atoms with Gasteiger partial charge in [0.15, 0.2) is 23.0 Å². The molecule has 0 radical (unpaired) electrons. The number of hydrogen-bond acceptors (Lipinski definition) is 8. The lowest BCUT2D eigenvalue weighted by atomic mass is 10.2. The average Bonchev–Trinajstić information content (AvgIpc) is 3.25. The van der Waals surface area contributed by atoms with Crippen LogP contribution < -0.4 is 24.3 Å². The molecule has 0 amide bonds. The first kappa shape index (κ1) is 25.5. The number of ether oxygens (including phenoxy) is 4. The van der Waals surface area contributed by atoms with Crippen LogP contribution in [-0.4, -0.2) is 58.4 Å². The lowest BCUT2D eigenvalue weighted by Crippen LogP contribution is -2.31. The van der Waals surface area contributed by atoms with Crippen molar-refractivity contribution in [2.45, 2.75) is 35.6 Å². The Labute approximate surface area is 196 Å². The minimum absolute atomic E-state index is 0.627. The lowest BCUT2D eigenvalue weighted by molar-refractivity contribution is 0.354. The summed E-state index contributed by atoms with van der Waals surface area (Å²) in [7, 11) is 6.54. The predicted molar refractivity (Wildman–Crippen MR) is 130 cm³/mol. The molecule has 0 saturated carbocycles. The van der Waals surface area contributed by atoms with Crippen LogP contribution in [0.1, 0.15) is 19.8 Å². The predicted octanol–water partition coefficient (Wildman–Crippen LogP) is 4.78. The molecule has 1 aliphatic heterocycles. The van der Waals surface area contributed by atoms with E-state index in [0.717, 1.165) is 41.8 Å². The van der Waals surface area contributed by atoms with Gasteiger partial charge in [0.25, 0.3) is 0 Å². The summed E-state index contributed by atoms with van der Waals surface area (Å²) in [5.74, 6) is 3.00. The highest BCUT2D eigenvalue weighted by molar-refractivity contribution is 7.97. The molecular formula is C23H34N2O4S2. The molecule has 1 heterocycles. The maximum Gasteiger partial charge on any atom is 0.161 e. The lowest BCUT2D eigenvalue weighted by Gasteiger charge is -2.16. The SMILES string of the molecule is CCCNC1CCN(Sc2ccc(OC)c(OC)c2)C1.COc1ccc(S)cc1OC. The summed E-state index contributed by atoms with van der Waals surface area (Å²) in [6.07, 6.45) is 2.42. The quantitative estimate of drug-likeness (QED) is 0.408. The Kier molecular flexibility index (Phi) is 11.2. The van der Waals surface area contributed by atoms with E-state index in [0.29, 0.717) is 11.8 Å². The number of nitrogens with one attached hydrogen (secondary N) is 1. The maximum atomic E-state index is 5.35. The van der Waals surface area contributed by atoms with Crippen LogP contribution in [-0.2, 0) is 0 Å². The average molecular weight is 467 g/mol. The number of nitrogens with zero attached hydrogens (tertiary/aromatic N) is 1. The summed E-state index contributed by atoms with van der Waals surface area (Å²) in [5.41, 5.74) is 0. The van der Waals surface area contributed by atoms with Crippen molar-refractivity contribution in [3.05, 3.63) is 36.4 Å². The first-order valence-corrected chi connectivity index (χ1v) is 11.6. The first-order valence-electron chi connectivity index (χ1n) is 10.3. The zero-order chi connectivity index (χ0) is 22.6. The Hall–Kier alpha value is -1.74. The van der Waals surface area contributed by atoms with Crippen LogP contribution in [0.25, 0.3) is 0 Å². The summed E-state index contributed by atoms with van der Waals surface area (Å²) in [5, 5.41) is 3.59. The van der Waals surface area contributed by atoms with Crippen LogP contribution in [0.5, 0.6) is 23.0 Å². The second-order valence-electron chi connectivity index (χ2n) is 6.98. The van der Waals surface area contributed by atoms with Crippen LogP contribution >= 0.6 is 24.6 Å². The van der Waals surface area contributed by atoms with Crippen molar-refractivity contribution in [3.63, 3.8) is 0 Å². The van der Waals surface area contributed by atoms with E-state index in [9.17, 15) is 0 Å². The maximum absolute atomic E-state index is 5.35. The molecule has 0 aromatic heterocycles. The van der Waals surface area contributed by atoms with Crippen LogP contribution in [0.15, 0.2) is 46.2 Å². The molecule has 0 bridgehead atoms. The third kappa shape index (κ3) is 8.03. The van der Waals surface area contributed by atoms with Gasteiger partial charge in [-0.3, -0.25) is 0 Å². The molecule has 172 valence electrons. The standard InChI is InChI=1S/C15H24N2O2S.C8H10O2S/c1-4-8-16-12-7-9-17(11-12)20-13-5-6-14(18-2)15(10-13)19-3;1-9-7-4-3-6(11)5-8(7)10-2/h5-6,10,12,16H,4,7-9,11H2,1-3H3;3-5,11H,1-2H3. The van der Waals surface area contributed by atoms with E-state index in [-0.39, 0.29) is 0 Å². The summed E-state index contributed by atoms with van der Waals surface area (Å²) in [6.45, 7) is 5.54. The van der Waals surface area contributed by atoms with Crippen molar-refractivity contribution in [1.29, 1.82) is 0 Å². The minimum Gasteiger partial charge on any atom is -0.493 e. The Balaban J connectivity index is 0.000000262. The van der Waals surface area contributed by atoms with Gasteiger partial charge in [0.2, 0.25) is 0 Å². The molecule has 8 heteroatoms. The van der Waals surface area contributed by atoms with E-state index < -0.39 is 0 Å². The molecule has 2 aromatic carbocycles. The topological polar surface area (TPSA) is 52.2 Å². The van der Waals surface area contributed by atoms with Gasteiger partial charge in [-0.2, -0.15) is 0 Å². The Bertz CT molecular complexity index is 807. The number of thiol groups is 1. The number of methoxy groups -OCH3 is 4. The molecule has 1 N–H and O–H groups in total. The number of benzene rings is 2. The molecule has 1 fully saturated rings. The van der Waals surface area contributed by atoms with Gasteiger partial charge in [0.05, 0.1) is 28.4 Å². The normalized spacial score (nSPS) is 15.7. The fraction of sp³-hybridized carbons (Fsp3) is 0.478. The summed E-state index contributed by atoms with van der Waals surface area (Å²) in [6, 6.07) is 12.2. The highest BCUT2D eigenvalue weighted by atomic mass is 32.2. The molecule has 0 spiro atoms. The van der Waals surface area contributed by atoms with Gasteiger partial charge in [0, 0.05) is 28.9 Å². The number of hydrogen-bond donors (Lipinski definition) is 2. The van der Waals surface area contributed by atoms with E-state index >= 15 is 0 Å². The zero-order valence-electron chi connectivity index (χ0n) is 19.0. The second kappa shape index (κ2) is 13.6. The Morgan fingerprint density at radius 3 is 2.16 bits per heavy atom. The van der Waals surface area contributed by atoms with E-state index in [2.05, 4.69) is 35.2 Å². The molecule has 1 aliphatic rings. The molecule has 6 nitrogen and oxygen atoms in total. The van der Waals surface area contributed by atoms with Gasteiger partial charge in [-0.1, -0.05) is 6.92 Å². The van der Waals surface area contributed by atoms with Gasteiger partial charge in [-0.15, -0.1) is 12.6 Å². The van der Waals surface area contributed by atoms with Crippen molar-refractivity contribution in [2.24, 2.45) is 0 Å². The molecule has 0 aliphatic carbocycles. The summed E-state index contributed by atoms with van der Waals surface area (Å²) < 4.78 is 23.1. The monoisotopic (exact) mass is 466 g/mol. The van der Waals surface area contributed by atoms with Crippen LogP contribution in [0, 0.1) is 0 Å². The molecule has 3 rings (SSSR count). The highest BCUT2D eigenvalue weighted by Gasteiger charge is 2.22. The Morgan fingerprint density at radius 2 is 1.55 bits per heavy atom. The van der Waals surface area contributed by atoms with Crippen molar-refractivity contribution < 1.29 is 18.9 Å². The third-order valence-corrected chi connectivity index (χ3v) is 6.12. The van der Waals surface area contributed by atoms with E-state index in [1.807, 2.05) is 30.3 Å². The third-order valence-electron chi connectivity index (χ3n) is 4.79. The fourth-order valence-corrected chi connectivity index (χ4v) is 4.40.